The van der Waals surface area contributed by atoms with E-state index >= 15 is 0 Å². The number of rotatable bonds is 4. The van der Waals surface area contributed by atoms with E-state index in [0.29, 0.717) is 17.7 Å². The van der Waals surface area contributed by atoms with Gasteiger partial charge in [0.1, 0.15) is 0 Å². The van der Waals surface area contributed by atoms with Gasteiger partial charge in [-0.25, -0.2) is 4.98 Å². The number of carbonyl (C=O) groups excluding carboxylic acids is 1. The Balaban J connectivity index is 1.50. The Bertz CT molecular complexity index is 816. The number of carbonyl (C=O) groups is 1. The number of fused-ring (bicyclic) bond motifs is 1. The fourth-order valence-electron chi connectivity index (χ4n) is 4.45. The second-order valence-electron chi connectivity index (χ2n) is 7.97. The number of hydrogen-bond donors (Lipinski definition) is 1. The van der Waals surface area contributed by atoms with Gasteiger partial charge < -0.3 is 10.1 Å². The number of aromatic nitrogens is 2. The Hall–Kier alpha value is -2.43. The Labute approximate surface area is 166 Å². The maximum atomic E-state index is 12.8. The molecule has 148 valence electrons. The number of ether oxygens (including phenoxy) is 1. The van der Waals surface area contributed by atoms with Crippen molar-refractivity contribution in [2.45, 2.75) is 63.8 Å². The first kappa shape index (κ1) is 18.9. The monoisotopic (exact) mass is 379 g/mol. The van der Waals surface area contributed by atoms with Crippen molar-refractivity contribution in [3.05, 3.63) is 41.6 Å². The van der Waals surface area contributed by atoms with E-state index in [1.54, 1.807) is 7.11 Å². The molecule has 0 radical (unpaired) electrons. The molecule has 28 heavy (non-hydrogen) atoms. The van der Waals surface area contributed by atoms with Crippen LogP contribution in [0.5, 0.6) is 5.88 Å². The molecule has 0 bridgehead atoms. The van der Waals surface area contributed by atoms with Crippen LogP contribution < -0.4 is 10.1 Å². The predicted octanol–water partition coefficient (Wildman–Crippen LogP) is 4.10. The summed E-state index contributed by atoms with van der Waals surface area (Å²) >= 11 is 0. The first-order valence-corrected chi connectivity index (χ1v) is 10.5. The lowest BCUT2D eigenvalue weighted by Crippen LogP contribution is -2.40. The van der Waals surface area contributed by atoms with Gasteiger partial charge in [-0.3, -0.25) is 4.79 Å². The molecule has 1 unspecified atom stereocenters. The van der Waals surface area contributed by atoms with Crippen LogP contribution in [0.4, 0.5) is 0 Å². The molecule has 1 saturated carbocycles. The first-order chi connectivity index (χ1) is 13.7. The van der Waals surface area contributed by atoms with Crippen molar-refractivity contribution in [3.8, 4) is 17.3 Å². The Morgan fingerprint density at radius 1 is 1.00 bits per heavy atom. The van der Waals surface area contributed by atoms with E-state index < -0.39 is 0 Å². The van der Waals surface area contributed by atoms with Crippen LogP contribution in [-0.2, 0) is 17.6 Å². The van der Waals surface area contributed by atoms with Crippen LogP contribution in [-0.4, -0.2) is 29.0 Å². The van der Waals surface area contributed by atoms with Crippen LogP contribution in [0, 0.1) is 5.92 Å². The van der Waals surface area contributed by atoms with Crippen LogP contribution >= 0.6 is 0 Å². The van der Waals surface area contributed by atoms with Crippen molar-refractivity contribution in [2.24, 2.45) is 5.92 Å². The third kappa shape index (κ3) is 4.18. The van der Waals surface area contributed by atoms with E-state index in [0.717, 1.165) is 55.3 Å². The third-order valence-electron chi connectivity index (χ3n) is 6.07. The summed E-state index contributed by atoms with van der Waals surface area (Å²) in [4.78, 5) is 22.3. The first-order valence-electron chi connectivity index (χ1n) is 10.5. The standard InChI is InChI=1S/C23H29N3O2/c1-28-23-19-14-12-17(22(27)24-18-10-6-3-7-11-18)13-15-20(19)25-21(26-23)16-8-4-2-5-9-16/h2,4-5,8-9,17-18H,3,6-7,10-15H2,1H3,(H,24,27). The maximum absolute atomic E-state index is 12.8. The van der Waals surface area contributed by atoms with E-state index in [1.807, 2.05) is 30.3 Å². The van der Waals surface area contributed by atoms with Gasteiger partial charge in [-0.2, -0.15) is 4.98 Å². The molecule has 0 aliphatic heterocycles. The molecule has 2 aromatic rings. The van der Waals surface area contributed by atoms with Crippen molar-refractivity contribution >= 4 is 5.91 Å². The molecule has 5 heteroatoms. The zero-order valence-corrected chi connectivity index (χ0v) is 16.6. The molecule has 1 fully saturated rings. The van der Waals surface area contributed by atoms with Gasteiger partial charge in [-0.05, 0) is 38.5 Å². The van der Waals surface area contributed by atoms with Gasteiger partial charge in [0, 0.05) is 23.1 Å². The number of amides is 1. The average Bonchev–Trinajstić information content (AvgIpc) is 2.97. The molecule has 1 atom stereocenters. The van der Waals surface area contributed by atoms with Gasteiger partial charge in [-0.1, -0.05) is 49.6 Å². The molecule has 0 spiro atoms. The molecular formula is C23H29N3O2. The zero-order valence-electron chi connectivity index (χ0n) is 16.6. The van der Waals surface area contributed by atoms with Gasteiger partial charge in [-0.15, -0.1) is 0 Å². The van der Waals surface area contributed by atoms with Crippen LogP contribution in [0.2, 0.25) is 0 Å². The fourth-order valence-corrected chi connectivity index (χ4v) is 4.45. The normalized spacial score (nSPS) is 20.1. The second-order valence-corrected chi connectivity index (χ2v) is 7.97. The van der Waals surface area contributed by atoms with Crippen LogP contribution in [0.3, 0.4) is 0 Å². The van der Waals surface area contributed by atoms with E-state index in [9.17, 15) is 4.79 Å². The number of benzene rings is 1. The van der Waals surface area contributed by atoms with Gasteiger partial charge in [0.2, 0.25) is 11.8 Å². The summed E-state index contributed by atoms with van der Waals surface area (Å²) in [5.41, 5.74) is 3.08. The van der Waals surface area contributed by atoms with Gasteiger partial charge in [0.15, 0.2) is 5.82 Å². The highest BCUT2D eigenvalue weighted by Crippen LogP contribution is 2.31. The van der Waals surface area contributed by atoms with Crippen molar-refractivity contribution in [2.75, 3.05) is 7.11 Å². The summed E-state index contributed by atoms with van der Waals surface area (Å²) in [6.45, 7) is 0. The van der Waals surface area contributed by atoms with Gasteiger partial charge in [0.05, 0.1) is 12.8 Å². The summed E-state index contributed by atoms with van der Waals surface area (Å²) in [6.07, 6.45) is 9.25. The summed E-state index contributed by atoms with van der Waals surface area (Å²) in [7, 11) is 1.66. The highest BCUT2D eigenvalue weighted by atomic mass is 16.5. The zero-order chi connectivity index (χ0) is 19.3. The number of nitrogens with zero attached hydrogens (tertiary/aromatic N) is 2. The lowest BCUT2D eigenvalue weighted by Gasteiger charge is -2.25. The second kappa shape index (κ2) is 8.72. The smallest absolute Gasteiger partial charge is 0.223 e. The summed E-state index contributed by atoms with van der Waals surface area (Å²) in [5.74, 6) is 1.61. The molecule has 2 aliphatic carbocycles. The average molecular weight is 380 g/mol. The molecule has 5 nitrogen and oxygen atoms in total. The van der Waals surface area contributed by atoms with Crippen LogP contribution in [0.1, 0.15) is 56.2 Å². The number of methoxy groups -OCH3 is 1. The molecule has 0 saturated heterocycles. The SMILES string of the molecule is COc1nc(-c2ccccc2)nc2c1CCC(C(=O)NC1CCCCC1)CC2. The molecule has 1 heterocycles. The molecular weight excluding hydrogens is 350 g/mol. The Kier molecular flexibility index (Phi) is 5.89. The van der Waals surface area contributed by atoms with Crippen molar-refractivity contribution < 1.29 is 9.53 Å². The van der Waals surface area contributed by atoms with Gasteiger partial charge >= 0.3 is 0 Å². The predicted molar refractivity (Wildman–Crippen MR) is 109 cm³/mol. The van der Waals surface area contributed by atoms with Crippen molar-refractivity contribution in [1.82, 2.24) is 15.3 Å². The fraction of sp³-hybridized carbons (Fsp3) is 0.522. The lowest BCUT2D eigenvalue weighted by atomic mass is 9.93. The van der Waals surface area contributed by atoms with Crippen molar-refractivity contribution in [3.63, 3.8) is 0 Å². The Morgan fingerprint density at radius 2 is 1.75 bits per heavy atom. The van der Waals surface area contributed by atoms with E-state index in [2.05, 4.69) is 10.3 Å². The van der Waals surface area contributed by atoms with E-state index in [1.165, 1.54) is 19.3 Å². The number of nitrogens with one attached hydrogen (secondary N) is 1. The Morgan fingerprint density at radius 3 is 2.50 bits per heavy atom. The summed E-state index contributed by atoms with van der Waals surface area (Å²) in [5, 5.41) is 3.30. The van der Waals surface area contributed by atoms with Gasteiger partial charge in [0.25, 0.3) is 0 Å². The van der Waals surface area contributed by atoms with Crippen molar-refractivity contribution in [1.29, 1.82) is 0 Å². The van der Waals surface area contributed by atoms with E-state index in [-0.39, 0.29) is 11.8 Å². The molecule has 1 aromatic carbocycles. The number of hydrogen-bond acceptors (Lipinski definition) is 4. The topological polar surface area (TPSA) is 64.1 Å². The molecule has 1 amide bonds. The minimum Gasteiger partial charge on any atom is -0.481 e. The maximum Gasteiger partial charge on any atom is 0.223 e. The minimum atomic E-state index is 0.0426. The summed E-state index contributed by atoms with van der Waals surface area (Å²) < 4.78 is 5.60. The molecule has 4 rings (SSSR count). The minimum absolute atomic E-state index is 0.0426. The molecule has 2 aliphatic rings. The molecule has 1 aromatic heterocycles. The number of aryl methyl sites for hydroxylation is 1. The van der Waals surface area contributed by atoms with Crippen LogP contribution in [0.15, 0.2) is 30.3 Å². The molecule has 1 N–H and O–H groups in total. The lowest BCUT2D eigenvalue weighted by molar-refractivity contribution is -0.126. The largest absolute Gasteiger partial charge is 0.481 e. The highest BCUT2D eigenvalue weighted by Gasteiger charge is 2.27. The van der Waals surface area contributed by atoms with E-state index in [4.69, 9.17) is 9.72 Å². The summed E-state index contributed by atoms with van der Waals surface area (Å²) in [6, 6.07) is 10.4. The quantitative estimate of drug-likeness (QED) is 0.813. The highest BCUT2D eigenvalue weighted by molar-refractivity contribution is 5.79. The van der Waals surface area contributed by atoms with Crippen LogP contribution in [0.25, 0.3) is 11.4 Å². The third-order valence-corrected chi connectivity index (χ3v) is 6.07.